The molecule has 28 heavy (non-hydrogen) atoms. The standard InChI is InChI=1S/C24H40O4/c1-15(2)19-9-7-17(5)13-21(19)27-23(25)11-12-24(26)28-22-14-18(6)8-10-20(22)16(3)4/h11-12,15-22H,7-10,13-14H2,1-6H3/b12-11-/t17-,18-,19+,20+,21-,22-/m1/s1. The highest BCUT2D eigenvalue weighted by molar-refractivity contribution is 5.91. The minimum Gasteiger partial charge on any atom is -0.459 e. The monoisotopic (exact) mass is 392 g/mol. The average Bonchev–Trinajstić information content (AvgIpc) is 2.59. The lowest BCUT2D eigenvalue weighted by Gasteiger charge is -2.36. The summed E-state index contributed by atoms with van der Waals surface area (Å²) in [7, 11) is 0. The summed E-state index contributed by atoms with van der Waals surface area (Å²) in [6.07, 6.45) is 8.77. The summed E-state index contributed by atoms with van der Waals surface area (Å²) in [5.41, 5.74) is 0. The van der Waals surface area contributed by atoms with Gasteiger partial charge in [0.15, 0.2) is 0 Å². The number of carbonyl (C=O) groups excluding carboxylic acids is 2. The lowest BCUT2D eigenvalue weighted by atomic mass is 9.75. The van der Waals surface area contributed by atoms with Gasteiger partial charge < -0.3 is 9.47 Å². The summed E-state index contributed by atoms with van der Waals surface area (Å²) in [6, 6.07) is 0. The van der Waals surface area contributed by atoms with Gasteiger partial charge in [-0.3, -0.25) is 0 Å². The molecular formula is C24H40O4. The molecule has 0 heterocycles. The van der Waals surface area contributed by atoms with Crippen molar-refractivity contribution in [2.45, 2.75) is 92.3 Å². The molecule has 0 aromatic heterocycles. The van der Waals surface area contributed by atoms with Crippen molar-refractivity contribution in [3.05, 3.63) is 12.2 Å². The Balaban J connectivity index is 1.89. The first-order valence-electron chi connectivity index (χ1n) is 11.3. The number of ether oxygens (including phenoxy) is 2. The Hall–Kier alpha value is -1.32. The Morgan fingerprint density at radius 2 is 1.07 bits per heavy atom. The van der Waals surface area contributed by atoms with E-state index in [0.717, 1.165) is 25.7 Å². The molecule has 2 rings (SSSR count). The third-order valence-electron chi connectivity index (χ3n) is 6.81. The van der Waals surface area contributed by atoms with Crippen LogP contribution in [0.25, 0.3) is 0 Å². The molecule has 4 nitrogen and oxygen atoms in total. The molecule has 0 aromatic carbocycles. The van der Waals surface area contributed by atoms with Gasteiger partial charge in [-0.25, -0.2) is 9.59 Å². The molecule has 0 N–H and O–H groups in total. The van der Waals surface area contributed by atoms with E-state index in [1.807, 2.05) is 0 Å². The molecule has 0 aromatic rings. The minimum absolute atomic E-state index is 0.0542. The molecule has 2 fully saturated rings. The first kappa shape index (κ1) is 23.0. The summed E-state index contributed by atoms with van der Waals surface area (Å²) in [6.45, 7) is 13.2. The van der Waals surface area contributed by atoms with Crippen molar-refractivity contribution in [3.63, 3.8) is 0 Å². The fourth-order valence-electron chi connectivity index (χ4n) is 5.01. The van der Waals surface area contributed by atoms with Gasteiger partial charge in [-0.15, -0.1) is 0 Å². The van der Waals surface area contributed by atoms with Crippen molar-refractivity contribution >= 4 is 11.9 Å². The highest BCUT2D eigenvalue weighted by atomic mass is 16.5. The van der Waals surface area contributed by atoms with Crippen LogP contribution >= 0.6 is 0 Å². The van der Waals surface area contributed by atoms with Gasteiger partial charge in [0.1, 0.15) is 12.2 Å². The van der Waals surface area contributed by atoms with E-state index < -0.39 is 11.9 Å². The van der Waals surface area contributed by atoms with Gasteiger partial charge in [-0.05, 0) is 61.2 Å². The first-order chi connectivity index (χ1) is 13.2. The Labute approximate surface area is 171 Å². The molecule has 4 heteroatoms. The number of rotatable bonds is 6. The van der Waals surface area contributed by atoms with Crippen LogP contribution in [0.5, 0.6) is 0 Å². The topological polar surface area (TPSA) is 52.6 Å². The van der Waals surface area contributed by atoms with Crippen LogP contribution in [0.1, 0.15) is 80.1 Å². The predicted molar refractivity (Wildman–Crippen MR) is 112 cm³/mol. The largest absolute Gasteiger partial charge is 0.459 e. The van der Waals surface area contributed by atoms with E-state index in [2.05, 4.69) is 41.5 Å². The second kappa shape index (κ2) is 10.5. The Kier molecular flexibility index (Phi) is 8.57. The van der Waals surface area contributed by atoms with Gasteiger partial charge in [0.2, 0.25) is 0 Å². The van der Waals surface area contributed by atoms with E-state index in [9.17, 15) is 9.59 Å². The number of hydrogen-bond donors (Lipinski definition) is 0. The van der Waals surface area contributed by atoms with Crippen LogP contribution in [0.2, 0.25) is 0 Å². The Morgan fingerprint density at radius 1 is 0.714 bits per heavy atom. The van der Waals surface area contributed by atoms with Gasteiger partial charge in [-0.1, -0.05) is 54.4 Å². The summed E-state index contributed by atoms with van der Waals surface area (Å²) >= 11 is 0. The van der Waals surface area contributed by atoms with Crippen LogP contribution in [0, 0.1) is 35.5 Å². The normalized spacial score (nSPS) is 34.0. The maximum Gasteiger partial charge on any atom is 0.331 e. The fourth-order valence-corrected chi connectivity index (χ4v) is 5.01. The Bertz CT molecular complexity index is 503. The average molecular weight is 393 g/mol. The highest BCUT2D eigenvalue weighted by Gasteiger charge is 2.34. The van der Waals surface area contributed by atoms with Gasteiger partial charge in [0, 0.05) is 12.2 Å². The lowest BCUT2D eigenvalue weighted by molar-refractivity contribution is -0.152. The van der Waals surface area contributed by atoms with Crippen molar-refractivity contribution in [3.8, 4) is 0 Å². The molecule has 0 saturated heterocycles. The summed E-state index contributed by atoms with van der Waals surface area (Å²) in [4.78, 5) is 24.6. The van der Waals surface area contributed by atoms with Crippen molar-refractivity contribution in [1.82, 2.24) is 0 Å². The molecule has 0 bridgehead atoms. The van der Waals surface area contributed by atoms with Crippen LogP contribution in [-0.4, -0.2) is 24.1 Å². The van der Waals surface area contributed by atoms with Crippen molar-refractivity contribution in [1.29, 1.82) is 0 Å². The van der Waals surface area contributed by atoms with Crippen molar-refractivity contribution < 1.29 is 19.1 Å². The summed E-state index contributed by atoms with van der Waals surface area (Å²) in [5, 5.41) is 0. The zero-order chi connectivity index (χ0) is 20.8. The molecule has 0 spiro atoms. The molecule has 6 atom stereocenters. The van der Waals surface area contributed by atoms with Crippen LogP contribution in [0.3, 0.4) is 0 Å². The third kappa shape index (κ3) is 6.63. The smallest absolute Gasteiger partial charge is 0.331 e. The van der Waals surface area contributed by atoms with Crippen LogP contribution in [0.15, 0.2) is 12.2 Å². The van der Waals surface area contributed by atoms with E-state index in [1.165, 1.54) is 25.0 Å². The molecule has 160 valence electrons. The quantitative estimate of drug-likeness (QED) is 0.439. The van der Waals surface area contributed by atoms with E-state index in [4.69, 9.17) is 9.47 Å². The summed E-state index contributed by atoms with van der Waals surface area (Å²) < 4.78 is 11.4. The first-order valence-corrected chi connectivity index (χ1v) is 11.3. The third-order valence-corrected chi connectivity index (χ3v) is 6.81. The number of esters is 2. The van der Waals surface area contributed by atoms with Gasteiger partial charge >= 0.3 is 11.9 Å². The number of carbonyl (C=O) groups is 2. The minimum atomic E-state index is -0.431. The highest BCUT2D eigenvalue weighted by Crippen LogP contribution is 2.36. The van der Waals surface area contributed by atoms with E-state index in [1.54, 1.807) is 0 Å². The van der Waals surface area contributed by atoms with Crippen LogP contribution in [-0.2, 0) is 19.1 Å². The van der Waals surface area contributed by atoms with E-state index >= 15 is 0 Å². The van der Waals surface area contributed by atoms with Crippen LogP contribution in [0.4, 0.5) is 0 Å². The van der Waals surface area contributed by atoms with Gasteiger partial charge in [0.05, 0.1) is 0 Å². The molecule has 0 amide bonds. The molecular weight excluding hydrogens is 352 g/mol. The number of hydrogen-bond acceptors (Lipinski definition) is 4. The zero-order valence-corrected chi connectivity index (χ0v) is 18.6. The molecule has 2 saturated carbocycles. The Morgan fingerprint density at radius 3 is 1.39 bits per heavy atom. The van der Waals surface area contributed by atoms with Crippen molar-refractivity contribution in [2.75, 3.05) is 0 Å². The predicted octanol–water partition coefficient (Wildman–Crippen LogP) is 5.55. The van der Waals surface area contributed by atoms with E-state index in [-0.39, 0.29) is 12.2 Å². The van der Waals surface area contributed by atoms with Crippen LogP contribution < -0.4 is 0 Å². The molecule has 0 radical (unpaired) electrons. The van der Waals surface area contributed by atoms with Crippen molar-refractivity contribution in [2.24, 2.45) is 35.5 Å². The van der Waals surface area contributed by atoms with Gasteiger partial charge in [0.25, 0.3) is 0 Å². The fraction of sp³-hybridized carbons (Fsp3) is 0.833. The molecule has 0 unspecified atom stereocenters. The lowest BCUT2D eigenvalue weighted by Crippen LogP contribution is -2.36. The molecule has 0 aliphatic heterocycles. The maximum atomic E-state index is 12.3. The zero-order valence-electron chi connectivity index (χ0n) is 18.6. The van der Waals surface area contributed by atoms with E-state index in [0.29, 0.717) is 35.5 Å². The van der Waals surface area contributed by atoms with Gasteiger partial charge in [-0.2, -0.15) is 0 Å². The molecule has 2 aliphatic carbocycles. The molecule has 2 aliphatic rings. The SMILES string of the molecule is CC(C)[C@@H]1CC[C@@H](C)C[C@H]1OC(=O)/C=C\C(=O)O[C@@H]1C[C@H](C)CC[C@H]1C(C)C. The summed E-state index contributed by atoms with van der Waals surface area (Å²) in [5.74, 6) is 2.05. The maximum absolute atomic E-state index is 12.3. The second-order valence-electron chi connectivity index (χ2n) is 9.94. The second-order valence-corrected chi connectivity index (χ2v) is 9.94.